The molecule has 0 amide bonds. The highest BCUT2D eigenvalue weighted by Crippen LogP contribution is 2.34. The van der Waals surface area contributed by atoms with Crippen molar-refractivity contribution >= 4 is 23.0 Å². The number of rotatable bonds is 9. The molecule has 5 rings (SSSR count). The summed E-state index contributed by atoms with van der Waals surface area (Å²) in [7, 11) is 0. The van der Waals surface area contributed by atoms with E-state index in [-0.39, 0.29) is 24.1 Å². The molecule has 1 aromatic carbocycles. The Morgan fingerprint density at radius 2 is 1.80 bits per heavy atom. The molecule has 1 aliphatic carbocycles. The molecule has 11 heteroatoms. The van der Waals surface area contributed by atoms with E-state index in [2.05, 4.69) is 34.1 Å². The quantitative estimate of drug-likeness (QED) is 0.246. The molecular formula is C29H31F3N6O2. The van der Waals surface area contributed by atoms with Crippen LogP contribution in [0.25, 0.3) is 22.7 Å². The van der Waals surface area contributed by atoms with E-state index in [0.29, 0.717) is 40.3 Å². The number of hydrogen-bond donors (Lipinski definition) is 2. The van der Waals surface area contributed by atoms with E-state index in [4.69, 9.17) is 4.98 Å². The van der Waals surface area contributed by atoms with Crippen LogP contribution in [0.3, 0.4) is 0 Å². The van der Waals surface area contributed by atoms with Gasteiger partial charge in [0.05, 0.1) is 5.56 Å². The molecule has 0 radical (unpaired) electrons. The number of aromatic nitrogens is 5. The number of carboxylic acid groups (broad SMARTS) is 1. The molecule has 4 aromatic rings. The Morgan fingerprint density at radius 1 is 1.07 bits per heavy atom. The van der Waals surface area contributed by atoms with Crippen LogP contribution in [0.5, 0.6) is 0 Å². The van der Waals surface area contributed by atoms with Crippen LogP contribution in [0.1, 0.15) is 67.3 Å². The number of hydrogen-bond acceptors (Lipinski definition) is 6. The van der Waals surface area contributed by atoms with Gasteiger partial charge >= 0.3 is 12.1 Å². The Balaban J connectivity index is 1.68. The number of nitrogens with one attached hydrogen (secondary N) is 1. The molecule has 210 valence electrons. The van der Waals surface area contributed by atoms with Crippen LogP contribution in [0.4, 0.5) is 19.0 Å². The van der Waals surface area contributed by atoms with Crippen LogP contribution >= 0.6 is 0 Å². The van der Waals surface area contributed by atoms with E-state index in [1.54, 1.807) is 10.8 Å². The third-order valence-electron chi connectivity index (χ3n) is 7.33. The average molecular weight is 553 g/mol. The maximum absolute atomic E-state index is 13.2. The Bertz CT molecular complexity index is 1530. The Labute approximate surface area is 229 Å². The highest BCUT2D eigenvalue weighted by Gasteiger charge is 2.30. The SMILES string of the molecule is CC(C)Cc1ccnc(-c2nc3nc(C(=O)O)nc(N[C@H](C)C4CCC4)c3n2Cc2ccc(C(F)(F)F)cc2)c1. The van der Waals surface area contributed by atoms with Crippen LogP contribution in [-0.2, 0) is 19.1 Å². The van der Waals surface area contributed by atoms with Crippen molar-refractivity contribution < 1.29 is 23.1 Å². The number of imidazole rings is 1. The van der Waals surface area contributed by atoms with Crippen molar-refractivity contribution in [2.75, 3.05) is 5.32 Å². The minimum absolute atomic E-state index is 0.0267. The van der Waals surface area contributed by atoms with E-state index in [0.717, 1.165) is 43.4 Å². The Kier molecular flexibility index (Phi) is 7.48. The minimum Gasteiger partial charge on any atom is -0.475 e. The van der Waals surface area contributed by atoms with Crippen LogP contribution < -0.4 is 5.32 Å². The standard InChI is InChI=1S/C29H31F3N6O2/c1-16(2)13-19-11-12-33-22(14-19)27-37-25-23(38(27)15-18-7-9-21(10-8-18)29(30,31)32)24(35-26(36-25)28(39)40)34-17(3)20-5-4-6-20/h7-12,14,16-17,20H,4-6,13,15H2,1-3H3,(H,39,40)(H,34,35,36)/t17-/m1/s1. The second-order valence-electron chi connectivity index (χ2n) is 10.9. The second kappa shape index (κ2) is 10.9. The van der Waals surface area contributed by atoms with Gasteiger partial charge in [-0.15, -0.1) is 0 Å². The van der Waals surface area contributed by atoms with Gasteiger partial charge in [-0.1, -0.05) is 32.4 Å². The van der Waals surface area contributed by atoms with E-state index >= 15 is 0 Å². The molecule has 1 saturated carbocycles. The second-order valence-corrected chi connectivity index (χ2v) is 10.9. The van der Waals surface area contributed by atoms with Gasteiger partial charge in [0, 0.05) is 18.8 Å². The molecule has 1 aliphatic rings. The van der Waals surface area contributed by atoms with E-state index in [1.165, 1.54) is 12.1 Å². The maximum atomic E-state index is 13.2. The Hall–Kier alpha value is -4.02. The number of fused-ring (bicyclic) bond motifs is 1. The van der Waals surface area contributed by atoms with Gasteiger partial charge < -0.3 is 15.0 Å². The van der Waals surface area contributed by atoms with Crippen LogP contribution in [0, 0.1) is 11.8 Å². The van der Waals surface area contributed by atoms with Gasteiger partial charge in [0.25, 0.3) is 0 Å². The lowest BCUT2D eigenvalue weighted by molar-refractivity contribution is -0.137. The first-order chi connectivity index (χ1) is 19.0. The number of halogens is 3. The molecule has 0 saturated heterocycles. The van der Waals surface area contributed by atoms with Crippen molar-refractivity contribution in [3.05, 3.63) is 65.1 Å². The zero-order chi connectivity index (χ0) is 28.6. The summed E-state index contributed by atoms with van der Waals surface area (Å²) in [5.74, 6) is -0.0740. The normalized spacial score (nSPS) is 14.9. The van der Waals surface area contributed by atoms with Crippen molar-refractivity contribution in [3.8, 4) is 11.5 Å². The first-order valence-electron chi connectivity index (χ1n) is 13.4. The summed E-state index contributed by atoms with van der Waals surface area (Å²) in [6, 6.07) is 8.84. The molecule has 3 aromatic heterocycles. The number of nitrogens with zero attached hydrogens (tertiary/aromatic N) is 5. The zero-order valence-corrected chi connectivity index (χ0v) is 22.5. The molecule has 0 aliphatic heterocycles. The summed E-state index contributed by atoms with van der Waals surface area (Å²) >= 11 is 0. The molecule has 3 heterocycles. The number of aromatic carboxylic acids is 1. The molecule has 2 N–H and O–H groups in total. The van der Waals surface area contributed by atoms with E-state index in [9.17, 15) is 23.1 Å². The molecule has 0 bridgehead atoms. The number of carbonyl (C=O) groups is 1. The van der Waals surface area contributed by atoms with Crippen LogP contribution in [-0.4, -0.2) is 41.6 Å². The maximum Gasteiger partial charge on any atom is 0.416 e. The number of anilines is 1. The third kappa shape index (κ3) is 5.78. The molecule has 1 atom stereocenters. The van der Waals surface area contributed by atoms with E-state index < -0.39 is 17.7 Å². The fraction of sp³-hybridized carbons (Fsp3) is 0.414. The predicted octanol–water partition coefficient (Wildman–Crippen LogP) is 6.45. The van der Waals surface area contributed by atoms with Gasteiger partial charge in [0.15, 0.2) is 17.3 Å². The van der Waals surface area contributed by atoms with Crippen molar-refractivity contribution in [1.82, 2.24) is 24.5 Å². The van der Waals surface area contributed by atoms with Gasteiger partial charge in [0.1, 0.15) is 11.2 Å². The summed E-state index contributed by atoms with van der Waals surface area (Å²) in [5.41, 5.74) is 2.13. The highest BCUT2D eigenvalue weighted by atomic mass is 19.4. The smallest absolute Gasteiger partial charge is 0.416 e. The van der Waals surface area contributed by atoms with Crippen LogP contribution in [0.2, 0.25) is 0 Å². The highest BCUT2D eigenvalue weighted by molar-refractivity contribution is 5.92. The number of benzene rings is 1. The Morgan fingerprint density at radius 3 is 2.40 bits per heavy atom. The monoisotopic (exact) mass is 552 g/mol. The third-order valence-corrected chi connectivity index (χ3v) is 7.33. The van der Waals surface area contributed by atoms with E-state index in [1.807, 2.05) is 19.1 Å². The molecule has 40 heavy (non-hydrogen) atoms. The first-order valence-corrected chi connectivity index (χ1v) is 13.4. The lowest BCUT2D eigenvalue weighted by Crippen LogP contribution is -2.31. The molecule has 0 spiro atoms. The average Bonchev–Trinajstić information content (AvgIpc) is 3.21. The fourth-order valence-electron chi connectivity index (χ4n) is 5.03. The van der Waals surface area contributed by atoms with Crippen molar-refractivity contribution in [3.63, 3.8) is 0 Å². The number of carboxylic acids is 1. The number of alkyl halides is 3. The van der Waals surface area contributed by atoms with Crippen molar-refractivity contribution in [2.45, 2.75) is 65.2 Å². The van der Waals surface area contributed by atoms with Gasteiger partial charge in [-0.3, -0.25) is 4.98 Å². The van der Waals surface area contributed by atoms with Crippen molar-refractivity contribution in [1.29, 1.82) is 0 Å². The predicted molar refractivity (Wildman–Crippen MR) is 145 cm³/mol. The van der Waals surface area contributed by atoms with Gasteiger partial charge in [0.2, 0.25) is 5.82 Å². The summed E-state index contributed by atoms with van der Waals surface area (Å²) < 4.78 is 41.4. The first kappa shape index (κ1) is 27.5. The summed E-state index contributed by atoms with van der Waals surface area (Å²) in [4.78, 5) is 29.7. The molecular weight excluding hydrogens is 521 g/mol. The van der Waals surface area contributed by atoms with Crippen molar-refractivity contribution in [2.24, 2.45) is 11.8 Å². The summed E-state index contributed by atoms with van der Waals surface area (Å²) in [5, 5.41) is 13.1. The summed E-state index contributed by atoms with van der Waals surface area (Å²) in [6.45, 7) is 6.42. The lowest BCUT2D eigenvalue weighted by Gasteiger charge is -2.32. The minimum atomic E-state index is -4.44. The molecule has 0 unspecified atom stereocenters. The van der Waals surface area contributed by atoms with Crippen LogP contribution in [0.15, 0.2) is 42.6 Å². The largest absolute Gasteiger partial charge is 0.475 e. The molecule has 8 nitrogen and oxygen atoms in total. The molecule has 1 fully saturated rings. The summed E-state index contributed by atoms with van der Waals surface area (Å²) in [6.07, 6.45) is 1.35. The van der Waals surface area contributed by atoms with Gasteiger partial charge in [-0.05, 0) is 73.4 Å². The fourth-order valence-corrected chi connectivity index (χ4v) is 5.03. The van der Waals surface area contributed by atoms with Gasteiger partial charge in [-0.25, -0.2) is 19.7 Å². The number of pyridine rings is 1. The van der Waals surface area contributed by atoms with Gasteiger partial charge in [-0.2, -0.15) is 13.2 Å². The topological polar surface area (TPSA) is 106 Å². The zero-order valence-electron chi connectivity index (χ0n) is 22.5. The lowest BCUT2D eigenvalue weighted by atomic mass is 9.80.